The van der Waals surface area contributed by atoms with E-state index in [0.29, 0.717) is 22.8 Å². The van der Waals surface area contributed by atoms with Crippen molar-refractivity contribution in [2.75, 3.05) is 10.0 Å². The Hall–Kier alpha value is -2.42. The molecule has 1 amide bonds. The first-order chi connectivity index (χ1) is 12.9. The molecule has 0 unspecified atom stereocenters. The molecule has 0 fully saturated rings. The number of amides is 1. The van der Waals surface area contributed by atoms with Crippen LogP contribution in [0, 0.1) is 0 Å². The zero-order chi connectivity index (χ0) is 19.3. The monoisotopic (exact) mass is 421 g/mol. The lowest BCUT2D eigenvalue weighted by Gasteiger charge is -2.05. The number of nitrogens with zero attached hydrogens (tertiary/aromatic N) is 1. The van der Waals surface area contributed by atoms with Crippen molar-refractivity contribution in [3.63, 3.8) is 0 Å². The van der Waals surface area contributed by atoms with Crippen LogP contribution >= 0.6 is 22.9 Å². The highest BCUT2D eigenvalue weighted by atomic mass is 35.5. The third-order valence-corrected chi connectivity index (χ3v) is 6.11. The Morgan fingerprint density at radius 3 is 2.48 bits per heavy atom. The van der Waals surface area contributed by atoms with Crippen LogP contribution in [0.4, 0.5) is 10.8 Å². The standard InChI is InChI=1S/C18H16ClN3O3S2/c19-13-6-8-14(9-7-13)20-17(23)11-10-15-12-26-18(21-15)22-27(24,25)16-4-2-1-3-5-16/h1-9,12H,10-11H2,(H,20,23)(H,21,22). The summed E-state index contributed by atoms with van der Waals surface area (Å²) in [5.41, 5.74) is 1.32. The average molecular weight is 422 g/mol. The van der Waals surface area contributed by atoms with Gasteiger partial charge in [-0.25, -0.2) is 13.4 Å². The number of thiazole rings is 1. The van der Waals surface area contributed by atoms with Gasteiger partial charge in [0.1, 0.15) is 0 Å². The van der Waals surface area contributed by atoms with E-state index < -0.39 is 10.0 Å². The lowest BCUT2D eigenvalue weighted by molar-refractivity contribution is -0.116. The average Bonchev–Trinajstić information content (AvgIpc) is 3.09. The molecule has 0 radical (unpaired) electrons. The van der Waals surface area contributed by atoms with Crippen LogP contribution in [-0.2, 0) is 21.2 Å². The van der Waals surface area contributed by atoms with Crippen LogP contribution in [0.25, 0.3) is 0 Å². The third kappa shape index (κ3) is 5.53. The lowest BCUT2D eigenvalue weighted by atomic mass is 10.2. The van der Waals surface area contributed by atoms with Crippen molar-refractivity contribution in [3.05, 3.63) is 70.7 Å². The summed E-state index contributed by atoms with van der Waals surface area (Å²) in [4.78, 5) is 16.4. The Labute approximate surface area is 166 Å². The third-order valence-electron chi connectivity index (χ3n) is 3.56. The molecule has 0 saturated heterocycles. The van der Waals surface area contributed by atoms with Crippen molar-refractivity contribution in [3.8, 4) is 0 Å². The number of carbonyl (C=O) groups excluding carboxylic acids is 1. The minimum atomic E-state index is -3.67. The fraction of sp³-hybridized carbons (Fsp3) is 0.111. The molecule has 0 aliphatic carbocycles. The minimum absolute atomic E-state index is 0.156. The molecular weight excluding hydrogens is 406 g/mol. The first-order valence-electron chi connectivity index (χ1n) is 8.00. The van der Waals surface area contributed by atoms with Gasteiger partial charge in [-0.05, 0) is 42.8 Å². The van der Waals surface area contributed by atoms with Crippen LogP contribution in [0.5, 0.6) is 0 Å². The number of sulfonamides is 1. The minimum Gasteiger partial charge on any atom is -0.326 e. The normalized spacial score (nSPS) is 11.1. The molecule has 0 bridgehead atoms. The molecule has 0 aliphatic rings. The molecule has 6 nitrogen and oxygen atoms in total. The summed E-state index contributed by atoms with van der Waals surface area (Å²) in [6.07, 6.45) is 0.639. The summed E-state index contributed by atoms with van der Waals surface area (Å²) in [5, 5.41) is 5.38. The number of anilines is 2. The SMILES string of the molecule is O=C(CCc1csc(NS(=O)(=O)c2ccccc2)n1)Nc1ccc(Cl)cc1. The number of halogens is 1. The molecule has 0 saturated carbocycles. The van der Waals surface area contributed by atoms with E-state index in [4.69, 9.17) is 11.6 Å². The van der Waals surface area contributed by atoms with E-state index in [-0.39, 0.29) is 22.4 Å². The zero-order valence-corrected chi connectivity index (χ0v) is 16.4. The van der Waals surface area contributed by atoms with Gasteiger partial charge in [0.2, 0.25) is 5.91 Å². The summed E-state index contributed by atoms with van der Waals surface area (Å²) in [7, 11) is -3.67. The van der Waals surface area contributed by atoms with Gasteiger partial charge in [0.15, 0.2) is 5.13 Å². The molecule has 0 atom stereocenters. The second-order valence-electron chi connectivity index (χ2n) is 5.62. The Kier molecular flexibility index (Phi) is 6.10. The lowest BCUT2D eigenvalue weighted by Crippen LogP contribution is -2.13. The van der Waals surface area contributed by atoms with Gasteiger partial charge in [-0.3, -0.25) is 9.52 Å². The summed E-state index contributed by atoms with van der Waals surface area (Å²) >= 11 is 6.99. The second-order valence-corrected chi connectivity index (χ2v) is 8.59. The zero-order valence-electron chi connectivity index (χ0n) is 14.1. The molecular formula is C18H16ClN3O3S2. The highest BCUT2D eigenvalue weighted by Crippen LogP contribution is 2.21. The van der Waals surface area contributed by atoms with Crippen molar-refractivity contribution in [1.29, 1.82) is 0 Å². The van der Waals surface area contributed by atoms with Crippen molar-refractivity contribution < 1.29 is 13.2 Å². The number of benzene rings is 2. The maximum Gasteiger partial charge on any atom is 0.263 e. The van der Waals surface area contributed by atoms with Gasteiger partial charge >= 0.3 is 0 Å². The van der Waals surface area contributed by atoms with Crippen LogP contribution < -0.4 is 10.0 Å². The molecule has 140 valence electrons. The van der Waals surface area contributed by atoms with Crippen molar-refractivity contribution in [1.82, 2.24) is 4.98 Å². The molecule has 9 heteroatoms. The Morgan fingerprint density at radius 2 is 1.78 bits per heavy atom. The molecule has 3 aromatic rings. The maximum absolute atomic E-state index is 12.3. The van der Waals surface area contributed by atoms with Gasteiger partial charge in [0.25, 0.3) is 10.0 Å². The van der Waals surface area contributed by atoms with E-state index in [2.05, 4.69) is 15.0 Å². The van der Waals surface area contributed by atoms with E-state index in [1.807, 2.05) is 0 Å². The number of hydrogen-bond acceptors (Lipinski definition) is 5. The molecule has 3 rings (SSSR count). The second kappa shape index (κ2) is 8.51. The van der Waals surface area contributed by atoms with Crippen LogP contribution in [0.15, 0.2) is 64.9 Å². The Morgan fingerprint density at radius 1 is 1.07 bits per heavy atom. The highest BCUT2D eigenvalue weighted by molar-refractivity contribution is 7.93. The van der Waals surface area contributed by atoms with Crippen molar-refractivity contribution in [2.45, 2.75) is 17.7 Å². The van der Waals surface area contributed by atoms with Gasteiger partial charge in [-0.15, -0.1) is 11.3 Å². The smallest absolute Gasteiger partial charge is 0.263 e. The molecule has 27 heavy (non-hydrogen) atoms. The van der Waals surface area contributed by atoms with E-state index in [9.17, 15) is 13.2 Å². The Balaban J connectivity index is 1.55. The number of rotatable bonds is 7. The van der Waals surface area contributed by atoms with E-state index >= 15 is 0 Å². The molecule has 2 N–H and O–H groups in total. The number of aryl methyl sites for hydroxylation is 1. The fourth-order valence-corrected chi connectivity index (χ4v) is 4.39. The summed E-state index contributed by atoms with van der Waals surface area (Å²) in [6.45, 7) is 0. The van der Waals surface area contributed by atoms with E-state index in [1.54, 1.807) is 47.8 Å². The van der Waals surface area contributed by atoms with Crippen LogP contribution in [-0.4, -0.2) is 19.3 Å². The van der Waals surface area contributed by atoms with E-state index in [1.165, 1.54) is 23.5 Å². The van der Waals surface area contributed by atoms with Gasteiger partial charge in [-0.1, -0.05) is 29.8 Å². The molecule has 0 aliphatic heterocycles. The quantitative estimate of drug-likeness (QED) is 0.599. The van der Waals surface area contributed by atoms with Gasteiger partial charge in [0.05, 0.1) is 10.6 Å². The van der Waals surface area contributed by atoms with Crippen molar-refractivity contribution >= 4 is 49.7 Å². The van der Waals surface area contributed by atoms with Gasteiger partial charge in [-0.2, -0.15) is 0 Å². The van der Waals surface area contributed by atoms with Crippen molar-refractivity contribution in [2.24, 2.45) is 0 Å². The highest BCUT2D eigenvalue weighted by Gasteiger charge is 2.15. The predicted molar refractivity (Wildman–Crippen MR) is 108 cm³/mol. The Bertz CT molecular complexity index is 1020. The largest absolute Gasteiger partial charge is 0.326 e. The fourth-order valence-electron chi connectivity index (χ4n) is 2.24. The topological polar surface area (TPSA) is 88.2 Å². The maximum atomic E-state index is 12.3. The van der Waals surface area contributed by atoms with Crippen LogP contribution in [0.1, 0.15) is 12.1 Å². The molecule has 0 spiro atoms. The first-order valence-corrected chi connectivity index (χ1v) is 10.7. The van der Waals surface area contributed by atoms with E-state index in [0.717, 1.165) is 0 Å². The molecule has 1 aromatic heterocycles. The number of carbonyl (C=O) groups is 1. The summed E-state index contributed by atoms with van der Waals surface area (Å²) in [6, 6.07) is 14.9. The van der Waals surface area contributed by atoms with Gasteiger partial charge in [0, 0.05) is 22.5 Å². The first kappa shape index (κ1) is 19.3. The predicted octanol–water partition coefficient (Wildman–Crippen LogP) is 4.17. The number of nitrogens with one attached hydrogen (secondary N) is 2. The molecule has 2 aromatic carbocycles. The van der Waals surface area contributed by atoms with Crippen LogP contribution in [0.3, 0.4) is 0 Å². The summed E-state index contributed by atoms with van der Waals surface area (Å²) in [5.74, 6) is -0.156. The molecule has 1 heterocycles. The number of hydrogen-bond donors (Lipinski definition) is 2. The summed E-state index contributed by atoms with van der Waals surface area (Å²) < 4.78 is 27.0. The van der Waals surface area contributed by atoms with Gasteiger partial charge < -0.3 is 5.32 Å². The van der Waals surface area contributed by atoms with Crippen LogP contribution in [0.2, 0.25) is 5.02 Å². The number of aromatic nitrogens is 1.